The lowest BCUT2D eigenvalue weighted by atomic mass is 9.95. The molecule has 0 saturated carbocycles. The van der Waals surface area contributed by atoms with Crippen LogP contribution in [-0.4, -0.2) is 25.8 Å². The highest BCUT2D eigenvalue weighted by molar-refractivity contribution is 7.92. The Labute approximate surface area is 193 Å². The summed E-state index contributed by atoms with van der Waals surface area (Å²) in [7, 11) is -2.90. The molecule has 1 aromatic heterocycles. The van der Waals surface area contributed by atoms with Crippen molar-refractivity contribution < 1.29 is 27.2 Å². The molecule has 2 N–H and O–H groups in total. The van der Waals surface area contributed by atoms with E-state index in [1.165, 1.54) is 25.3 Å². The molecule has 1 aliphatic heterocycles. The van der Waals surface area contributed by atoms with E-state index in [0.29, 0.717) is 41.5 Å². The molecular weight excluding hydrogens is 471 g/mol. The zero-order valence-electron chi connectivity index (χ0n) is 17.4. The third kappa shape index (κ3) is 3.67. The number of aryl methyl sites for hydroxylation is 2. The molecule has 170 valence electrons. The number of rotatable bonds is 1. The summed E-state index contributed by atoms with van der Waals surface area (Å²) in [6.45, 7) is 0. The first-order valence-electron chi connectivity index (χ1n) is 10.1. The Balaban J connectivity index is 1.78. The van der Waals surface area contributed by atoms with Crippen molar-refractivity contribution >= 4 is 38.3 Å². The summed E-state index contributed by atoms with van der Waals surface area (Å²) in [5.74, 6) is -0.792. The number of ether oxygens (including phenoxy) is 1. The van der Waals surface area contributed by atoms with Crippen LogP contribution in [0.2, 0.25) is 5.02 Å². The highest BCUT2D eigenvalue weighted by Gasteiger charge is 2.27. The highest BCUT2D eigenvalue weighted by Crippen LogP contribution is 2.41. The summed E-state index contributed by atoms with van der Waals surface area (Å²) >= 11 is 6.23. The van der Waals surface area contributed by atoms with Gasteiger partial charge in [-0.3, -0.25) is 4.72 Å². The van der Waals surface area contributed by atoms with Crippen LogP contribution in [0.5, 0.6) is 11.5 Å². The van der Waals surface area contributed by atoms with Gasteiger partial charge in [-0.1, -0.05) is 28.9 Å². The maximum absolute atomic E-state index is 14.1. The van der Waals surface area contributed by atoms with Crippen LogP contribution in [0, 0.1) is 5.82 Å². The second-order valence-corrected chi connectivity index (χ2v) is 9.75. The Bertz CT molecular complexity index is 1520. The topological polar surface area (TPSA) is 102 Å². The minimum Gasteiger partial charge on any atom is -0.505 e. The van der Waals surface area contributed by atoms with Crippen LogP contribution in [0.4, 0.5) is 10.1 Å². The van der Waals surface area contributed by atoms with Crippen molar-refractivity contribution in [1.29, 1.82) is 0 Å². The number of benzene rings is 3. The van der Waals surface area contributed by atoms with Crippen LogP contribution < -0.4 is 9.46 Å². The molecule has 1 aliphatic rings. The van der Waals surface area contributed by atoms with E-state index < -0.39 is 26.5 Å². The third-order valence-corrected chi connectivity index (χ3v) is 7.42. The molecule has 0 radical (unpaired) electrons. The summed E-state index contributed by atoms with van der Waals surface area (Å²) in [6, 6.07) is 10.7. The van der Waals surface area contributed by atoms with E-state index in [0.717, 1.165) is 5.56 Å². The van der Waals surface area contributed by atoms with E-state index in [9.17, 15) is 17.9 Å². The fourth-order valence-electron chi connectivity index (χ4n) is 4.07. The number of hydrogen-bond acceptors (Lipinski definition) is 6. The molecule has 0 aliphatic carbocycles. The SMILES string of the molecule is COc1ccc2cc1NS(=O)(=O)c1cc3c(noc3c(Cl)c1O)CCCc1ccc(F)cc1-2. The van der Waals surface area contributed by atoms with Gasteiger partial charge in [0.2, 0.25) is 0 Å². The molecule has 4 bridgehead atoms. The summed E-state index contributed by atoms with van der Waals surface area (Å²) < 4.78 is 53.8. The molecule has 10 heteroatoms. The number of nitrogens with one attached hydrogen (secondary N) is 1. The second-order valence-electron chi connectivity index (χ2n) is 7.72. The predicted molar refractivity (Wildman–Crippen MR) is 122 cm³/mol. The molecule has 7 nitrogen and oxygen atoms in total. The first-order chi connectivity index (χ1) is 15.8. The first-order valence-corrected chi connectivity index (χ1v) is 11.9. The molecular formula is C23H18ClFN2O5S. The maximum Gasteiger partial charge on any atom is 0.265 e. The lowest BCUT2D eigenvalue weighted by Gasteiger charge is -2.16. The van der Waals surface area contributed by atoms with Crippen molar-refractivity contribution in [1.82, 2.24) is 5.16 Å². The smallest absolute Gasteiger partial charge is 0.265 e. The van der Waals surface area contributed by atoms with Crippen LogP contribution in [0.3, 0.4) is 0 Å². The van der Waals surface area contributed by atoms with Gasteiger partial charge in [0.15, 0.2) is 11.3 Å². The Morgan fingerprint density at radius 2 is 2.00 bits per heavy atom. The van der Waals surface area contributed by atoms with Crippen molar-refractivity contribution in [3.8, 4) is 22.6 Å². The van der Waals surface area contributed by atoms with Gasteiger partial charge in [-0.05, 0) is 66.3 Å². The third-order valence-electron chi connectivity index (χ3n) is 5.69. The fourth-order valence-corrected chi connectivity index (χ4v) is 5.56. The molecule has 0 fully saturated rings. The summed E-state index contributed by atoms with van der Waals surface area (Å²) in [5, 5.41) is 14.7. The van der Waals surface area contributed by atoms with E-state index in [4.69, 9.17) is 20.9 Å². The van der Waals surface area contributed by atoms with Crippen LogP contribution >= 0.6 is 11.6 Å². The number of sulfonamides is 1. The van der Waals surface area contributed by atoms with Gasteiger partial charge in [0.05, 0.1) is 18.5 Å². The van der Waals surface area contributed by atoms with Gasteiger partial charge in [-0.2, -0.15) is 0 Å². The number of fused-ring (bicyclic) bond motifs is 5. The molecule has 0 spiro atoms. The second kappa shape index (κ2) is 7.93. The minimum absolute atomic E-state index is 0.109. The minimum atomic E-state index is -4.30. The number of halogens is 2. The maximum atomic E-state index is 14.1. The lowest BCUT2D eigenvalue weighted by Crippen LogP contribution is -2.14. The average molecular weight is 489 g/mol. The monoisotopic (exact) mass is 488 g/mol. The number of nitrogens with zero attached hydrogens (tertiary/aromatic N) is 1. The molecule has 5 rings (SSSR count). The average Bonchev–Trinajstić information content (AvgIpc) is 3.19. The summed E-state index contributed by atoms with van der Waals surface area (Å²) in [4.78, 5) is -0.416. The van der Waals surface area contributed by atoms with Crippen molar-refractivity contribution in [2.24, 2.45) is 0 Å². The number of hydrogen-bond donors (Lipinski definition) is 2. The molecule has 2 heterocycles. The van der Waals surface area contributed by atoms with E-state index in [-0.39, 0.29) is 22.0 Å². The zero-order chi connectivity index (χ0) is 23.3. The number of phenols is 1. The van der Waals surface area contributed by atoms with Crippen LogP contribution in [0.15, 0.2) is 51.9 Å². The Hall–Kier alpha value is -3.30. The summed E-state index contributed by atoms with van der Waals surface area (Å²) in [6.07, 6.45) is 1.73. The number of aromatic hydroxyl groups is 1. The normalized spacial score (nSPS) is 15.0. The Kier molecular flexibility index (Phi) is 5.18. The van der Waals surface area contributed by atoms with Crippen molar-refractivity contribution in [3.05, 3.63) is 64.6 Å². The van der Waals surface area contributed by atoms with E-state index >= 15 is 0 Å². The van der Waals surface area contributed by atoms with Gasteiger partial charge < -0.3 is 14.4 Å². The van der Waals surface area contributed by atoms with Crippen molar-refractivity contribution in [2.45, 2.75) is 24.2 Å². The quantitative estimate of drug-likeness (QED) is 0.377. The standard InChI is InChI=1S/C23H18ClFN2O5S/c1-31-19-8-6-13-9-18(19)27-33(29,30)20-11-16-17(26-32-23(16)21(24)22(20)28)4-2-3-12-5-7-14(25)10-15(12)13/h5-11,27-28H,2-4H2,1H3. The number of aromatic nitrogens is 1. The molecule has 33 heavy (non-hydrogen) atoms. The van der Waals surface area contributed by atoms with Crippen LogP contribution in [0.25, 0.3) is 22.1 Å². The van der Waals surface area contributed by atoms with Gasteiger partial charge in [0.1, 0.15) is 21.5 Å². The van der Waals surface area contributed by atoms with Gasteiger partial charge in [-0.25, -0.2) is 12.8 Å². The molecule has 4 aromatic rings. The van der Waals surface area contributed by atoms with Crippen LogP contribution in [0.1, 0.15) is 17.7 Å². The molecule has 0 amide bonds. The van der Waals surface area contributed by atoms with Gasteiger partial charge in [0.25, 0.3) is 10.0 Å². The van der Waals surface area contributed by atoms with E-state index in [1.807, 2.05) is 0 Å². The predicted octanol–water partition coefficient (Wildman–Crippen LogP) is 5.29. The van der Waals surface area contributed by atoms with Gasteiger partial charge >= 0.3 is 0 Å². The molecule has 0 atom stereocenters. The molecule has 3 aromatic carbocycles. The van der Waals surface area contributed by atoms with Gasteiger partial charge in [0, 0.05) is 5.39 Å². The van der Waals surface area contributed by atoms with Crippen molar-refractivity contribution in [2.75, 3.05) is 11.8 Å². The zero-order valence-corrected chi connectivity index (χ0v) is 18.9. The molecule has 0 saturated heterocycles. The largest absolute Gasteiger partial charge is 0.505 e. The van der Waals surface area contributed by atoms with E-state index in [2.05, 4.69) is 9.88 Å². The van der Waals surface area contributed by atoms with E-state index in [1.54, 1.807) is 24.3 Å². The lowest BCUT2D eigenvalue weighted by molar-refractivity contribution is 0.417. The first kappa shape index (κ1) is 21.5. The highest BCUT2D eigenvalue weighted by atomic mass is 35.5. The summed E-state index contributed by atoms with van der Waals surface area (Å²) in [5.41, 5.74) is 2.90. The Morgan fingerprint density at radius 1 is 1.18 bits per heavy atom. The Morgan fingerprint density at radius 3 is 2.79 bits per heavy atom. The number of methoxy groups -OCH3 is 1. The van der Waals surface area contributed by atoms with Crippen molar-refractivity contribution in [3.63, 3.8) is 0 Å². The molecule has 0 unspecified atom stereocenters. The van der Waals surface area contributed by atoms with Crippen LogP contribution in [-0.2, 0) is 22.9 Å². The number of anilines is 1. The van der Waals surface area contributed by atoms with Gasteiger partial charge in [-0.15, -0.1) is 0 Å². The number of phenolic OH excluding ortho intramolecular Hbond substituents is 1. The fraction of sp³-hybridized carbons (Fsp3) is 0.174.